The van der Waals surface area contributed by atoms with E-state index in [0.717, 1.165) is 5.56 Å². The van der Waals surface area contributed by atoms with Crippen molar-refractivity contribution in [3.8, 4) is 11.5 Å². The minimum absolute atomic E-state index is 0.312. The van der Waals surface area contributed by atoms with Gasteiger partial charge in [0.15, 0.2) is 17.7 Å². The number of hydrogen-bond donors (Lipinski definition) is 2. The van der Waals surface area contributed by atoms with Crippen LogP contribution in [0.15, 0.2) is 78.9 Å². The number of hydroxylamine groups is 2. The molecule has 194 valence electrons. The predicted molar refractivity (Wildman–Crippen MR) is 141 cm³/mol. The fourth-order valence-corrected chi connectivity index (χ4v) is 4.66. The zero-order valence-corrected chi connectivity index (χ0v) is 21.4. The first-order chi connectivity index (χ1) is 17.8. The monoisotopic (exact) mass is 504 g/mol. The summed E-state index contributed by atoms with van der Waals surface area (Å²) in [6, 6.07) is 22.5. The normalized spacial score (nSPS) is 16.5. The maximum atomic E-state index is 13.8. The average molecular weight is 505 g/mol. The molecular weight excluding hydrogens is 472 g/mol. The molecule has 1 saturated heterocycles. The molecule has 0 spiro atoms. The third kappa shape index (κ3) is 5.17. The van der Waals surface area contributed by atoms with Gasteiger partial charge >= 0.3 is 12.1 Å². The molecule has 0 bridgehead atoms. The van der Waals surface area contributed by atoms with E-state index >= 15 is 0 Å². The smallest absolute Gasteiger partial charge is 0.347 e. The van der Waals surface area contributed by atoms with E-state index in [1.54, 1.807) is 55.5 Å². The lowest BCUT2D eigenvalue weighted by atomic mass is 9.99. The van der Waals surface area contributed by atoms with E-state index in [-0.39, 0.29) is 6.03 Å². The van der Waals surface area contributed by atoms with Gasteiger partial charge in [-0.25, -0.2) is 9.59 Å². The summed E-state index contributed by atoms with van der Waals surface area (Å²) in [6.45, 7) is 4.04. The van der Waals surface area contributed by atoms with E-state index in [1.165, 1.54) is 4.90 Å². The Kier molecular flexibility index (Phi) is 7.54. The Morgan fingerprint density at radius 3 is 2.22 bits per heavy atom. The van der Waals surface area contributed by atoms with Gasteiger partial charge in [-0.3, -0.25) is 10.1 Å². The number of hydrogen-bond acceptors (Lipinski definition) is 5. The highest BCUT2D eigenvalue weighted by Gasteiger charge is 2.55. The molecule has 1 heterocycles. The van der Waals surface area contributed by atoms with Crippen LogP contribution < -0.4 is 19.7 Å². The van der Waals surface area contributed by atoms with Gasteiger partial charge in [0.2, 0.25) is 0 Å². The number of para-hydroxylation sites is 2. The summed E-state index contributed by atoms with van der Waals surface area (Å²) in [5.41, 5.74) is 1.13. The first-order valence-electron chi connectivity index (χ1n) is 12.0. The summed E-state index contributed by atoms with van der Waals surface area (Å²) in [5, 5.41) is 14.5. The Morgan fingerprint density at radius 2 is 1.59 bits per heavy atom. The van der Waals surface area contributed by atoms with Gasteiger partial charge in [-0.1, -0.05) is 42.5 Å². The molecule has 1 aliphatic rings. The molecule has 1 fully saturated rings. The van der Waals surface area contributed by atoms with E-state index in [9.17, 15) is 14.8 Å². The number of benzene rings is 3. The van der Waals surface area contributed by atoms with E-state index in [4.69, 9.17) is 9.47 Å². The summed E-state index contributed by atoms with van der Waals surface area (Å²) in [5.74, 6) is 1.23. The van der Waals surface area contributed by atoms with Gasteiger partial charge in [0.25, 0.3) is 0 Å². The molecule has 1 aliphatic heterocycles. The number of urea groups is 2. The number of carbonyl (C=O) groups excluding carboxylic acids is 2. The summed E-state index contributed by atoms with van der Waals surface area (Å²) in [7, 11) is 3.16. The highest BCUT2D eigenvalue weighted by Crippen LogP contribution is 2.38. The van der Waals surface area contributed by atoms with E-state index in [0.29, 0.717) is 40.9 Å². The Hall–Kier alpha value is -4.24. The summed E-state index contributed by atoms with van der Waals surface area (Å²) >= 11 is 0. The second-order valence-corrected chi connectivity index (χ2v) is 9.25. The van der Waals surface area contributed by atoms with Crippen molar-refractivity contribution in [1.29, 1.82) is 0 Å². The van der Waals surface area contributed by atoms with Crippen molar-refractivity contribution in [2.75, 3.05) is 31.0 Å². The lowest BCUT2D eigenvalue weighted by Gasteiger charge is -2.38. The zero-order chi connectivity index (χ0) is 26.6. The molecule has 3 aromatic carbocycles. The molecule has 1 unspecified atom stereocenters. The second kappa shape index (κ2) is 10.8. The van der Waals surface area contributed by atoms with Gasteiger partial charge in [-0.2, -0.15) is 5.06 Å². The van der Waals surface area contributed by atoms with Crippen molar-refractivity contribution in [1.82, 2.24) is 9.96 Å². The molecule has 0 aliphatic carbocycles. The number of nitrogens with one attached hydrogen (secondary N) is 1. The molecule has 37 heavy (non-hydrogen) atoms. The Labute approximate surface area is 216 Å². The van der Waals surface area contributed by atoms with Crippen molar-refractivity contribution in [3.63, 3.8) is 0 Å². The largest absolute Gasteiger partial charge is 0.493 e. The molecule has 0 aromatic heterocycles. The van der Waals surface area contributed by atoms with Gasteiger partial charge in [-0.15, -0.1) is 0 Å². The van der Waals surface area contributed by atoms with Gasteiger partial charge in [0.1, 0.15) is 0 Å². The predicted octanol–water partition coefficient (Wildman–Crippen LogP) is 5.22. The fourth-order valence-electron chi connectivity index (χ4n) is 4.66. The topological polar surface area (TPSA) is 94.6 Å². The van der Waals surface area contributed by atoms with E-state index in [2.05, 4.69) is 5.32 Å². The lowest BCUT2D eigenvalue weighted by Crippen LogP contribution is -2.58. The molecule has 9 nitrogen and oxygen atoms in total. The van der Waals surface area contributed by atoms with Crippen LogP contribution in [0.5, 0.6) is 11.5 Å². The first kappa shape index (κ1) is 25.8. The third-order valence-electron chi connectivity index (χ3n) is 6.58. The molecule has 9 heteroatoms. The van der Waals surface area contributed by atoms with Crippen molar-refractivity contribution in [2.24, 2.45) is 0 Å². The van der Waals surface area contributed by atoms with Crippen LogP contribution in [0.3, 0.4) is 0 Å². The number of anilines is 2. The second-order valence-electron chi connectivity index (χ2n) is 9.25. The minimum Gasteiger partial charge on any atom is -0.493 e. The van der Waals surface area contributed by atoms with Crippen LogP contribution in [-0.4, -0.2) is 59.7 Å². The number of nitrogens with zero attached hydrogens (tertiary/aromatic N) is 3. The summed E-state index contributed by atoms with van der Waals surface area (Å²) < 4.78 is 10.7. The number of rotatable bonds is 8. The average Bonchev–Trinajstić information content (AvgIpc) is 3.11. The highest BCUT2D eigenvalue weighted by atomic mass is 16.5. The van der Waals surface area contributed by atoms with Crippen LogP contribution in [0, 0.1) is 0 Å². The fraction of sp³-hybridized carbons (Fsp3) is 0.286. The molecule has 0 saturated carbocycles. The molecular formula is C28H32N4O5. The lowest BCUT2D eigenvalue weighted by molar-refractivity contribution is -0.0947. The van der Waals surface area contributed by atoms with Crippen molar-refractivity contribution in [3.05, 3.63) is 84.4 Å². The number of amides is 4. The summed E-state index contributed by atoms with van der Waals surface area (Å²) in [4.78, 5) is 30.0. The van der Waals surface area contributed by atoms with Gasteiger partial charge < -0.3 is 19.7 Å². The Morgan fingerprint density at radius 1 is 0.973 bits per heavy atom. The standard InChI is InChI=1S/C28H32N4O5/c1-28(2)25(32(35)26(33)29-21-11-7-5-8-12-21)31(22-13-9-6-10-14-22)27(34)30(28)18-17-20-15-16-23(36-3)24(19-20)37-4/h5-16,19,25,35H,17-18H2,1-4H3,(H,29,33). The zero-order valence-electron chi connectivity index (χ0n) is 21.4. The highest BCUT2D eigenvalue weighted by molar-refractivity contribution is 5.98. The van der Waals surface area contributed by atoms with Crippen LogP contribution >= 0.6 is 0 Å². The van der Waals surface area contributed by atoms with E-state index in [1.807, 2.05) is 56.3 Å². The molecule has 4 amide bonds. The molecule has 2 N–H and O–H groups in total. The van der Waals surface area contributed by atoms with Gasteiger partial charge in [-0.05, 0) is 62.2 Å². The Bertz CT molecular complexity index is 1240. The van der Waals surface area contributed by atoms with Crippen molar-refractivity contribution < 1.29 is 24.3 Å². The van der Waals surface area contributed by atoms with Crippen molar-refractivity contribution >= 4 is 23.4 Å². The molecule has 4 rings (SSSR count). The number of methoxy groups -OCH3 is 2. The van der Waals surface area contributed by atoms with Gasteiger partial charge in [0, 0.05) is 17.9 Å². The van der Waals surface area contributed by atoms with Crippen LogP contribution in [0.4, 0.5) is 21.0 Å². The van der Waals surface area contributed by atoms with Crippen molar-refractivity contribution in [2.45, 2.75) is 32.0 Å². The van der Waals surface area contributed by atoms with Crippen LogP contribution in [0.1, 0.15) is 19.4 Å². The SMILES string of the molecule is COc1ccc(CCN2C(=O)N(c3ccccc3)C(N(O)C(=O)Nc3ccccc3)C2(C)C)cc1OC. The maximum Gasteiger partial charge on any atom is 0.347 e. The molecule has 3 aromatic rings. The third-order valence-corrected chi connectivity index (χ3v) is 6.58. The van der Waals surface area contributed by atoms with Gasteiger partial charge in [0.05, 0.1) is 19.8 Å². The van der Waals surface area contributed by atoms with Crippen LogP contribution in [-0.2, 0) is 6.42 Å². The number of carbonyl (C=O) groups is 2. The molecule has 0 radical (unpaired) electrons. The van der Waals surface area contributed by atoms with E-state index < -0.39 is 17.7 Å². The quantitative estimate of drug-likeness (QED) is 0.324. The molecule has 1 atom stereocenters. The number of ether oxygens (including phenoxy) is 2. The maximum absolute atomic E-state index is 13.8. The Balaban J connectivity index is 1.62. The summed E-state index contributed by atoms with van der Waals surface area (Å²) in [6.07, 6.45) is -0.455. The minimum atomic E-state index is -0.989. The van der Waals surface area contributed by atoms with Crippen LogP contribution in [0.25, 0.3) is 0 Å². The van der Waals surface area contributed by atoms with Crippen LogP contribution in [0.2, 0.25) is 0 Å². The first-order valence-corrected chi connectivity index (χ1v) is 12.0.